The molecule has 116 valence electrons. The maximum absolute atomic E-state index is 13.4. The van der Waals surface area contributed by atoms with Gasteiger partial charge in [-0.1, -0.05) is 5.10 Å². The Bertz CT molecular complexity index is 769. The molecule has 1 heterocycles. The molecule has 0 bridgehead atoms. The molecule has 1 amide bonds. The standard InChI is InChI=1S/C10H3BrF4N4O3/c11-4-7(17-18-9(4)19(21)22)10(20)16-8-5(14)2(12)1-3(13)6(8)15/h1H,(H,16,20)(H,17,18). The van der Waals surface area contributed by atoms with Crippen molar-refractivity contribution in [3.8, 4) is 0 Å². The molecule has 0 radical (unpaired) electrons. The minimum Gasteiger partial charge on any atom is -0.358 e. The number of carbonyl (C=O) groups excluding carboxylic acids is 1. The number of amides is 1. The Morgan fingerprint density at radius 3 is 2.27 bits per heavy atom. The van der Waals surface area contributed by atoms with Crippen LogP contribution in [0.15, 0.2) is 10.5 Å². The van der Waals surface area contributed by atoms with Gasteiger partial charge in [-0.3, -0.25) is 4.79 Å². The summed E-state index contributed by atoms with van der Waals surface area (Å²) in [5.74, 6) is -9.10. The van der Waals surface area contributed by atoms with Crippen molar-refractivity contribution in [1.82, 2.24) is 10.2 Å². The smallest absolute Gasteiger partial charge is 0.357 e. The van der Waals surface area contributed by atoms with Gasteiger partial charge < -0.3 is 15.4 Å². The number of nitrogens with one attached hydrogen (secondary N) is 2. The van der Waals surface area contributed by atoms with Crippen LogP contribution in [-0.4, -0.2) is 21.0 Å². The number of nitro groups is 1. The molecule has 22 heavy (non-hydrogen) atoms. The number of carbonyl (C=O) groups is 1. The second kappa shape index (κ2) is 5.71. The Labute approximate surface area is 126 Å². The zero-order chi connectivity index (χ0) is 16.6. The van der Waals surface area contributed by atoms with E-state index < -0.39 is 55.8 Å². The number of halogens is 5. The van der Waals surface area contributed by atoms with Gasteiger partial charge >= 0.3 is 5.82 Å². The minimum atomic E-state index is -1.83. The average Bonchev–Trinajstić information content (AvgIpc) is 2.83. The van der Waals surface area contributed by atoms with E-state index in [4.69, 9.17) is 0 Å². The van der Waals surface area contributed by atoms with Gasteiger partial charge in [0.15, 0.2) is 29.0 Å². The van der Waals surface area contributed by atoms with E-state index in [1.165, 1.54) is 0 Å². The summed E-state index contributed by atoms with van der Waals surface area (Å²) >= 11 is 2.70. The zero-order valence-electron chi connectivity index (χ0n) is 10.1. The van der Waals surface area contributed by atoms with Crippen LogP contribution in [0.4, 0.5) is 29.1 Å². The summed E-state index contributed by atoms with van der Waals surface area (Å²) in [4.78, 5) is 21.4. The number of anilines is 1. The third kappa shape index (κ3) is 2.64. The van der Waals surface area contributed by atoms with Crippen LogP contribution in [0.2, 0.25) is 0 Å². The average molecular weight is 383 g/mol. The van der Waals surface area contributed by atoms with Gasteiger partial charge in [0.25, 0.3) is 5.91 Å². The highest BCUT2D eigenvalue weighted by atomic mass is 79.9. The van der Waals surface area contributed by atoms with E-state index in [1.54, 1.807) is 5.32 Å². The molecular weight excluding hydrogens is 380 g/mol. The fourth-order valence-corrected chi connectivity index (χ4v) is 1.95. The maximum atomic E-state index is 13.4. The van der Waals surface area contributed by atoms with Gasteiger partial charge in [-0.15, -0.1) is 5.10 Å². The molecule has 0 aliphatic rings. The molecule has 0 saturated heterocycles. The summed E-state index contributed by atoms with van der Waals surface area (Å²) in [5.41, 5.74) is -2.00. The number of hydrogen-bond donors (Lipinski definition) is 2. The molecule has 12 heteroatoms. The van der Waals surface area contributed by atoms with Crippen molar-refractivity contribution in [3.63, 3.8) is 0 Å². The van der Waals surface area contributed by atoms with Crippen LogP contribution in [0, 0.1) is 33.4 Å². The molecule has 0 fully saturated rings. The lowest BCUT2D eigenvalue weighted by Crippen LogP contribution is -2.16. The zero-order valence-corrected chi connectivity index (χ0v) is 11.7. The highest BCUT2D eigenvalue weighted by molar-refractivity contribution is 9.10. The van der Waals surface area contributed by atoms with Crippen molar-refractivity contribution in [2.75, 3.05) is 5.32 Å². The summed E-state index contributed by atoms with van der Waals surface area (Å²) < 4.78 is 52.4. The highest BCUT2D eigenvalue weighted by Gasteiger charge is 2.27. The molecule has 0 aliphatic heterocycles. The SMILES string of the molecule is O=C(Nc1c(F)c(F)cc(F)c1F)c1n[nH]c([N+](=O)[O-])c1Br. The molecular formula is C10H3BrF4N4O3. The second-order valence-electron chi connectivity index (χ2n) is 3.79. The Morgan fingerprint density at radius 1 is 1.27 bits per heavy atom. The summed E-state index contributed by atoms with van der Waals surface area (Å²) in [6.07, 6.45) is 0. The lowest BCUT2D eigenvalue weighted by molar-refractivity contribution is -0.390. The number of nitrogens with zero attached hydrogens (tertiary/aromatic N) is 2. The molecule has 0 saturated carbocycles. The van der Waals surface area contributed by atoms with Crippen molar-refractivity contribution < 1.29 is 27.3 Å². The van der Waals surface area contributed by atoms with Gasteiger partial charge in [-0.2, -0.15) is 0 Å². The number of aromatic amines is 1. The topological polar surface area (TPSA) is 101 Å². The Balaban J connectivity index is 2.40. The van der Waals surface area contributed by atoms with E-state index in [-0.39, 0.29) is 6.07 Å². The summed E-state index contributed by atoms with van der Waals surface area (Å²) in [6.45, 7) is 0. The number of aromatic nitrogens is 2. The van der Waals surface area contributed by atoms with Crippen LogP contribution in [0.3, 0.4) is 0 Å². The minimum absolute atomic E-state index is 0.0321. The van der Waals surface area contributed by atoms with E-state index in [9.17, 15) is 32.5 Å². The first-order valence-corrected chi connectivity index (χ1v) is 6.06. The van der Waals surface area contributed by atoms with Gasteiger partial charge in [0, 0.05) is 6.07 Å². The second-order valence-corrected chi connectivity index (χ2v) is 4.58. The normalized spacial score (nSPS) is 10.6. The fraction of sp³-hybridized carbons (Fsp3) is 0. The first-order chi connectivity index (χ1) is 10.2. The molecule has 1 aromatic carbocycles. The van der Waals surface area contributed by atoms with Crippen molar-refractivity contribution >= 4 is 33.3 Å². The van der Waals surface area contributed by atoms with Crippen LogP contribution in [0.5, 0.6) is 0 Å². The number of H-pyrrole nitrogens is 1. The van der Waals surface area contributed by atoms with Crippen LogP contribution in [-0.2, 0) is 0 Å². The summed E-state index contributed by atoms with van der Waals surface area (Å²) in [7, 11) is 0. The molecule has 0 atom stereocenters. The molecule has 1 aromatic heterocycles. The first-order valence-electron chi connectivity index (χ1n) is 5.26. The van der Waals surface area contributed by atoms with Crippen LogP contribution in [0.1, 0.15) is 10.5 Å². The lowest BCUT2D eigenvalue weighted by Gasteiger charge is -2.07. The predicted molar refractivity (Wildman–Crippen MR) is 67.2 cm³/mol. The van der Waals surface area contributed by atoms with Gasteiger partial charge in [-0.25, -0.2) is 17.6 Å². The first kappa shape index (κ1) is 15.9. The summed E-state index contributed by atoms with van der Waals surface area (Å²) in [5, 5.41) is 17.3. The quantitative estimate of drug-likeness (QED) is 0.368. The Kier molecular flexibility index (Phi) is 4.12. The van der Waals surface area contributed by atoms with Crippen LogP contribution >= 0.6 is 15.9 Å². The van der Waals surface area contributed by atoms with E-state index in [0.717, 1.165) is 0 Å². The van der Waals surface area contributed by atoms with Crippen molar-refractivity contribution in [2.45, 2.75) is 0 Å². The van der Waals surface area contributed by atoms with E-state index in [1.807, 2.05) is 5.10 Å². The third-order valence-electron chi connectivity index (χ3n) is 2.44. The molecule has 7 nitrogen and oxygen atoms in total. The van der Waals surface area contributed by atoms with Gasteiger partial charge in [0.1, 0.15) is 10.2 Å². The van der Waals surface area contributed by atoms with E-state index in [0.29, 0.717) is 0 Å². The van der Waals surface area contributed by atoms with Crippen molar-refractivity contribution in [3.05, 3.63) is 49.6 Å². The molecule has 2 N–H and O–H groups in total. The van der Waals surface area contributed by atoms with Crippen LogP contribution in [0.25, 0.3) is 0 Å². The maximum Gasteiger partial charge on any atom is 0.357 e. The Morgan fingerprint density at radius 2 is 1.82 bits per heavy atom. The van der Waals surface area contributed by atoms with E-state index >= 15 is 0 Å². The molecule has 2 aromatic rings. The number of benzene rings is 1. The van der Waals surface area contributed by atoms with E-state index in [2.05, 4.69) is 21.0 Å². The summed E-state index contributed by atoms with van der Waals surface area (Å²) in [6, 6.07) is -0.0321. The van der Waals surface area contributed by atoms with Gasteiger partial charge in [0.2, 0.25) is 0 Å². The van der Waals surface area contributed by atoms with Crippen LogP contribution < -0.4 is 5.32 Å². The molecule has 2 rings (SSSR count). The van der Waals surface area contributed by atoms with Crippen molar-refractivity contribution in [2.24, 2.45) is 0 Å². The monoisotopic (exact) mass is 382 g/mol. The highest BCUT2D eigenvalue weighted by Crippen LogP contribution is 2.28. The third-order valence-corrected chi connectivity index (χ3v) is 3.19. The molecule has 0 aliphatic carbocycles. The molecule has 0 unspecified atom stereocenters. The van der Waals surface area contributed by atoms with Gasteiger partial charge in [0.05, 0.1) is 0 Å². The largest absolute Gasteiger partial charge is 0.358 e. The predicted octanol–water partition coefficient (Wildman–Crippen LogP) is 2.89. The Hall–Kier alpha value is -2.50. The fourth-order valence-electron chi connectivity index (χ4n) is 1.45. The molecule has 0 spiro atoms. The number of hydrogen-bond acceptors (Lipinski definition) is 4. The number of rotatable bonds is 3. The lowest BCUT2D eigenvalue weighted by atomic mass is 10.2. The van der Waals surface area contributed by atoms with Crippen molar-refractivity contribution in [1.29, 1.82) is 0 Å². The van der Waals surface area contributed by atoms with Gasteiger partial charge in [-0.05, 0) is 20.9 Å².